The Balaban J connectivity index is 3.20. The molecule has 19 heavy (non-hydrogen) atoms. The van der Waals surface area contributed by atoms with Crippen LogP contribution in [0.3, 0.4) is 0 Å². The summed E-state index contributed by atoms with van der Waals surface area (Å²) in [6.07, 6.45) is -3.23. The molecule has 0 atom stereocenters. The molecule has 0 fully saturated rings. The molecule has 0 saturated heterocycles. The molecule has 1 rings (SSSR count). The van der Waals surface area contributed by atoms with Crippen LogP contribution in [0.25, 0.3) is 0 Å². The summed E-state index contributed by atoms with van der Waals surface area (Å²) in [4.78, 5) is 23.6. The van der Waals surface area contributed by atoms with E-state index in [1.165, 1.54) is 6.92 Å². The molecule has 0 bridgehead atoms. The molecule has 0 spiro atoms. The number of hydrogen-bond acceptors (Lipinski definition) is 5. The van der Waals surface area contributed by atoms with Gasteiger partial charge in [0.05, 0.1) is 18.0 Å². The van der Waals surface area contributed by atoms with Crippen molar-refractivity contribution < 1.29 is 27.6 Å². The zero-order chi connectivity index (χ0) is 14.6. The van der Waals surface area contributed by atoms with E-state index in [9.17, 15) is 28.1 Å². The monoisotopic (exact) mass is 278 g/mol. The number of alkyl halides is 2. The van der Waals surface area contributed by atoms with Crippen molar-refractivity contribution in [1.82, 2.24) is 4.98 Å². The van der Waals surface area contributed by atoms with Crippen molar-refractivity contribution in [3.63, 3.8) is 0 Å². The highest BCUT2D eigenvalue weighted by atomic mass is 19.3. The zero-order valence-corrected chi connectivity index (χ0v) is 9.73. The third kappa shape index (κ3) is 3.39. The van der Waals surface area contributed by atoms with Crippen LogP contribution in [0, 0.1) is 15.9 Å². The van der Waals surface area contributed by atoms with Crippen molar-refractivity contribution in [2.45, 2.75) is 19.8 Å². The quantitative estimate of drug-likeness (QED) is 0.468. The predicted molar refractivity (Wildman–Crippen MR) is 56.1 cm³/mol. The van der Waals surface area contributed by atoms with Gasteiger partial charge in [-0.3, -0.25) is 14.9 Å². The summed E-state index contributed by atoms with van der Waals surface area (Å²) in [5.41, 5.74) is -3.15. The molecule has 0 saturated carbocycles. The average Bonchev–Trinajstić information content (AvgIpc) is 2.30. The van der Waals surface area contributed by atoms with Crippen molar-refractivity contribution in [3.8, 4) is 0 Å². The Morgan fingerprint density at radius 2 is 2.21 bits per heavy atom. The highest BCUT2D eigenvalue weighted by Crippen LogP contribution is 2.30. The van der Waals surface area contributed by atoms with Crippen LogP contribution in [-0.4, -0.2) is 22.5 Å². The molecule has 1 aromatic heterocycles. The van der Waals surface area contributed by atoms with E-state index in [2.05, 4.69) is 9.72 Å². The van der Waals surface area contributed by atoms with Crippen LogP contribution in [0.2, 0.25) is 0 Å². The Kier molecular flexibility index (Phi) is 4.79. The SMILES string of the molecule is CCOC(=O)Cc1cnc(C(F)F)c([N+](=O)[O-])c1F. The van der Waals surface area contributed by atoms with Crippen molar-refractivity contribution in [2.75, 3.05) is 6.61 Å². The minimum Gasteiger partial charge on any atom is -0.466 e. The Bertz CT molecular complexity index is 508. The summed E-state index contributed by atoms with van der Waals surface area (Å²) in [5.74, 6) is -2.33. The highest BCUT2D eigenvalue weighted by molar-refractivity contribution is 5.72. The number of carbonyl (C=O) groups is 1. The molecular weight excluding hydrogens is 269 g/mol. The third-order valence-electron chi connectivity index (χ3n) is 2.12. The van der Waals surface area contributed by atoms with Crippen LogP contribution in [0.1, 0.15) is 24.6 Å². The first-order chi connectivity index (χ1) is 8.88. The lowest BCUT2D eigenvalue weighted by Crippen LogP contribution is -2.12. The number of hydrogen-bond donors (Lipinski definition) is 0. The van der Waals surface area contributed by atoms with Gasteiger partial charge >= 0.3 is 11.7 Å². The van der Waals surface area contributed by atoms with Gasteiger partial charge in [-0.15, -0.1) is 0 Å². The number of pyridine rings is 1. The molecule has 0 aliphatic heterocycles. The smallest absolute Gasteiger partial charge is 0.332 e. The van der Waals surface area contributed by atoms with Crippen LogP contribution in [0.15, 0.2) is 6.20 Å². The van der Waals surface area contributed by atoms with Gasteiger partial charge in [0.15, 0.2) is 5.69 Å². The normalized spacial score (nSPS) is 10.6. The van der Waals surface area contributed by atoms with Gasteiger partial charge in [0.1, 0.15) is 0 Å². The standard InChI is InChI=1S/C10H9F3N2O4/c1-2-19-6(16)3-5-4-14-8(10(12)13)9(7(5)11)15(17)18/h4,10H,2-3H2,1H3. The molecular formula is C10H9F3N2O4. The second-order valence-corrected chi connectivity index (χ2v) is 3.37. The minimum absolute atomic E-state index is 0.0467. The predicted octanol–water partition coefficient (Wildman–Crippen LogP) is 2.17. The second kappa shape index (κ2) is 6.12. The molecule has 104 valence electrons. The number of rotatable bonds is 5. The van der Waals surface area contributed by atoms with Crippen LogP contribution in [-0.2, 0) is 16.0 Å². The van der Waals surface area contributed by atoms with Gasteiger partial charge in [0.2, 0.25) is 5.82 Å². The molecule has 1 heterocycles. The van der Waals surface area contributed by atoms with E-state index in [-0.39, 0.29) is 6.61 Å². The summed E-state index contributed by atoms with van der Waals surface area (Å²) in [7, 11) is 0. The Hall–Kier alpha value is -2.19. The number of carbonyl (C=O) groups excluding carboxylic acids is 1. The van der Waals surface area contributed by atoms with Crippen molar-refractivity contribution >= 4 is 11.7 Å². The topological polar surface area (TPSA) is 82.3 Å². The summed E-state index contributed by atoms with van der Waals surface area (Å²) in [6, 6.07) is 0. The van der Waals surface area contributed by atoms with E-state index >= 15 is 0 Å². The highest BCUT2D eigenvalue weighted by Gasteiger charge is 2.30. The van der Waals surface area contributed by atoms with E-state index in [1.807, 2.05) is 0 Å². The number of nitrogens with zero attached hydrogens (tertiary/aromatic N) is 2. The zero-order valence-electron chi connectivity index (χ0n) is 9.73. The molecule has 0 aromatic carbocycles. The molecule has 0 amide bonds. The molecule has 0 N–H and O–H groups in total. The van der Waals surface area contributed by atoms with Crippen molar-refractivity contribution in [1.29, 1.82) is 0 Å². The molecule has 6 nitrogen and oxygen atoms in total. The number of ether oxygens (including phenoxy) is 1. The fourth-order valence-corrected chi connectivity index (χ4v) is 1.35. The lowest BCUT2D eigenvalue weighted by atomic mass is 10.1. The van der Waals surface area contributed by atoms with Gasteiger partial charge in [-0.05, 0) is 6.92 Å². The number of halogens is 3. The first kappa shape index (κ1) is 14.9. The maximum atomic E-state index is 13.7. The molecule has 0 aliphatic rings. The van der Waals surface area contributed by atoms with E-state index in [1.54, 1.807) is 0 Å². The van der Waals surface area contributed by atoms with Crippen LogP contribution in [0.4, 0.5) is 18.9 Å². The van der Waals surface area contributed by atoms with Gasteiger partial charge in [0, 0.05) is 11.8 Å². The summed E-state index contributed by atoms with van der Waals surface area (Å²) >= 11 is 0. The average molecular weight is 278 g/mol. The van der Waals surface area contributed by atoms with E-state index < -0.39 is 46.5 Å². The van der Waals surface area contributed by atoms with E-state index in [4.69, 9.17) is 0 Å². The van der Waals surface area contributed by atoms with Gasteiger partial charge in [-0.2, -0.15) is 4.39 Å². The van der Waals surface area contributed by atoms with E-state index in [0.29, 0.717) is 6.20 Å². The molecule has 0 aliphatic carbocycles. The first-order valence-corrected chi connectivity index (χ1v) is 5.13. The number of esters is 1. The first-order valence-electron chi connectivity index (χ1n) is 5.13. The largest absolute Gasteiger partial charge is 0.466 e. The van der Waals surface area contributed by atoms with Gasteiger partial charge in [-0.1, -0.05) is 0 Å². The van der Waals surface area contributed by atoms with Gasteiger partial charge in [-0.25, -0.2) is 13.8 Å². The lowest BCUT2D eigenvalue weighted by molar-refractivity contribution is -0.389. The van der Waals surface area contributed by atoms with Crippen molar-refractivity contribution in [2.24, 2.45) is 0 Å². The van der Waals surface area contributed by atoms with Crippen LogP contribution >= 0.6 is 0 Å². The minimum atomic E-state index is -3.29. The van der Waals surface area contributed by atoms with Gasteiger partial charge in [0.25, 0.3) is 6.43 Å². The van der Waals surface area contributed by atoms with Crippen molar-refractivity contribution in [3.05, 3.63) is 33.4 Å². The maximum absolute atomic E-state index is 13.7. The van der Waals surface area contributed by atoms with E-state index in [0.717, 1.165) is 0 Å². The third-order valence-corrected chi connectivity index (χ3v) is 2.12. The number of nitro groups is 1. The van der Waals surface area contributed by atoms with Crippen LogP contribution in [0.5, 0.6) is 0 Å². The summed E-state index contributed by atoms with van der Waals surface area (Å²) < 4.78 is 43.2. The lowest BCUT2D eigenvalue weighted by Gasteiger charge is -2.06. The Labute approximate surface area is 105 Å². The summed E-state index contributed by atoms with van der Waals surface area (Å²) in [6.45, 7) is 1.57. The van der Waals surface area contributed by atoms with Gasteiger partial charge < -0.3 is 4.74 Å². The Morgan fingerprint density at radius 1 is 1.58 bits per heavy atom. The molecule has 0 radical (unpaired) electrons. The molecule has 1 aromatic rings. The number of aromatic nitrogens is 1. The fourth-order valence-electron chi connectivity index (χ4n) is 1.35. The second-order valence-electron chi connectivity index (χ2n) is 3.37. The maximum Gasteiger partial charge on any atom is 0.332 e. The molecule has 0 unspecified atom stereocenters. The van der Waals surface area contributed by atoms with Crippen LogP contribution < -0.4 is 0 Å². The molecule has 9 heteroatoms. The fraction of sp³-hybridized carbons (Fsp3) is 0.400. The summed E-state index contributed by atoms with van der Waals surface area (Å²) in [5, 5.41) is 10.6. The Morgan fingerprint density at radius 3 is 2.68 bits per heavy atom.